The molecule has 138 valence electrons. The van der Waals surface area contributed by atoms with Crippen molar-refractivity contribution in [2.75, 3.05) is 6.54 Å². The Labute approximate surface area is 150 Å². The van der Waals surface area contributed by atoms with Crippen LogP contribution in [0, 0.1) is 24.7 Å². The van der Waals surface area contributed by atoms with E-state index in [1.54, 1.807) is 13.0 Å². The van der Waals surface area contributed by atoms with Gasteiger partial charge in [-0.3, -0.25) is 19.1 Å². The molecule has 1 amide bonds. The third-order valence-corrected chi connectivity index (χ3v) is 6.20. The summed E-state index contributed by atoms with van der Waals surface area (Å²) in [6, 6.07) is 1.62. The number of nitrogens with one attached hydrogen (secondary N) is 2. The molecule has 2 aliphatic carbocycles. The van der Waals surface area contributed by atoms with Crippen molar-refractivity contribution in [3.8, 4) is 0 Å². The highest BCUT2D eigenvalue weighted by Gasteiger charge is 2.38. The molecular weight excluding hydrogens is 332 g/mol. The van der Waals surface area contributed by atoms with Crippen LogP contribution < -0.4 is 16.6 Å². The maximum Gasteiger partial charge on any atom is 0.329 e. The van der Waals surface area contributed by atoms with E-state index in [0.717, 1.165) is 11.8 Å². The highest BCUT2D eigenvalue weighted by molar-refractivity contribution is 6.05. The minimum Gasteiger partial charge on any atom is -0.352 e. The van der Waals surface area contributed by atoms with E-state index in [4.69, 9.17) is 0 Å². The molecule has 0 aliphatic heterocycles. The summed E-state index contributed by atoms with van der Waals surface area (Å²) < 4.78 is 1.26. The van der Waals surface area contributed by atoms with Crippen molar-refractivity contribution in [3.05, 3.63) is 38.2 Å². The lowest BCUT2D eigenvalue weighted by molar-refractivity contribution is 0.0944. The largest absolute Gasteiger partial charge is 0.352 e. The number of carbonyl (C=O) groups is 1. The fraction of sp³-hybridized carbons (Fsp3) is 0.579. The quantitative estimate of drug-likeness (QED) is 0.871. The zero-order chi connectivity index (χ0) is 18.4. The van der Waals surface area contributed by atoms with Crippen molar-refractivity contribution in [1.29, 1.82) is 0 Å². The number of fused-ring (bicyclic) bond motifs is 2. The number of aromatic amines is 1. The zero-order valence-electron chi connectivity index (χ0n) is 15.2. The lowest BCUT2D eigenvalue weighted by atomic mass is 9.92. The predicted octanol–water partition coefficient (Wildman–Crippen LogP) is 1.49. The molecule has 0 unspecified atom stereocenters. The molecule has 0 spiro atoms. The Balaban J connectivity index is 1.64. The summed E-state index contributed by atoms with van der Waals surface area (Å²) in [6.45, 7) is 2.40. The summed E-state index contributed by atoms with van der Waals surface area (Å²) in [7, 11) is 1.54. The maximum absolute atomic E-state index is 12.8. The first-order valence-corrected chi connectivity index (χ1v) is 9.34. The first kappa shape index (κ1) is 17.0. The van der Waals surface area contributed by atoms with E-state index >= 15 is 0 Å². The third kappa shape index (κ3) is 2.75. The van der Waals surface area contributed by atoms with Gasteiger partial charge >= 0.3 is 5.69 Å². The van der Waals surface area contributed by atoms with Gasteiger partial charge in [0.05, 0.1) is 10.9 Å². The second-order valence-corrected chi connectivity index (χ2v) is 7.73. The van der Waals surface area contributed by atoms with Crippen molar-refractivity contribution < 1.29 is 4.79 Å². The number of rotatable bonds is 3. The van der Waals surface area contributed by atoms with Gasteiger partial charge in [-0.05, 0) is 50.0 Å². The van der Waals surface area contributed by atoms with Gasteiger partial charge in [0.25, 0.3) is 11.5 Å². The van der Waals surface area contributed by atoms with E-state index < -0.39 is 11.2 Å². The van der Waals surface area contributed by atoms with Gasteiger partial charge in [-0.25, -0.2) is 9.78 Å². The molecule has 7 heteroatoms. The van der Waals surface area contributed by atoms with Crippen LogP contribution in [0.4, 0.5) is 0 Å². The van der Waals surface area contributed by atoms with E-state index in [0.29, 0.717) is 18.2 Å². The van der Waals surface area contributed by atoms with Crippen LogP contribution in [0.25, 0.3) is 11.0 Å². The van der Waals surface area contributed by atoms with Crippen molar-refractivity contribution in [2.45, 2.75) is 39.0 Å². The second-order valence-electron chi connectivity index (χ2n) is 7.73. The molecule has 3 atom stereocenters. The van der Waals surface area contributed by atoms with Crippen LogP contribution in [0.3, 0.4) is 0 Å². The van der Waals surface area contributed by atoms with Gasteiger partial charge in [-0.2, -0.15) is 0 Å². The first-order valence-electron chi connectivity index (χ1n) is 9.34. The van der Waals surface area contributed by atoms with Crippen LogP contribution in [-0.2, 0) is 7.05 Å². The predicted molar refractivity (Wildman–Crippen MR) is 98.2 cm³/mol. The van der Waals surface area contributed by atoms with E-state index in [1.165, 1.54) is 43.7 Å². The van der Waals surface area contributed by atoms with Gasteiger partial charge in [0.15, 0.2) is 0 Å². The van der Waals surface area contributed by atoms with Crippen molar-refractivity contribution in [2.24, 2.45) is 24.8 Å². The smallest absolute Gasteiger partial charge is 0.329 e. The standard InChI is InChI=1S/C19H24N4O3/c1-10-8-14(15-16(21-10)23(2)19(26)22-18(15)25)17(24)20-9-12-7-6-11-4-3-5-13(11)12/h8,11-13H,3-7,9H2,1-2H3,(H,20,24)(H,22,25,26)/t11-,12+,13-/m0/s1. The number of carbonyl (C=O) groups excluding carboxylic acids is 1. The fourth-order valence-electron chi connectivity index (χ4n) is 4.90. The minimum atomic E-state index is -0.572. The number of nitrogens with zero attached hydrogens (tertiary/aromatic N) is 2. The number of pyridine rings is 1. The average Bonchev–Trinajstić information content (AvgIpc) is 3.20. The third-order valence-electron chi connectivity index (χ3n) is 6.20. The Morgan fingerprint density at radius 1 is 1.31 bits per heavy atom. The van der Waals surface area contributed by atoms with Crippen molar-refractivity contribution in [1.82, 2.24) is 19.9 Å². The Hall–Kier alpha value is -2.44. The van der Waals surface area contributed by atoms with Crippen molar-refractivity contribution in [3.63, 3.8) is 0 Å². The molecule has 2 aromatic heterocycles. The number of hydrogen-bond donors (Lipinski definition) is 2. The maximum atomic E-state index is 12.8. The van der Waals surface area contributed by atoms with E-state index in [2.05, 4.69) is 15.3 Å². The SMILES string of the molecule is Cc1cc(C(=O)NC[C@H]2CC[C@@H]3CCC[C@@H]32)c2c(=O)[nH]c(=O)n(C)c2n1. The van der Waals surface area contributed by atoms with Crippen molar-refractivity contribution >= 4 is 16.9 Å². The second kappa shape index (κ2) is 6.37. The summed E-state index contributed by atoms with van der Waals surface area (Å²) in [5.74, 6) is 1.82. The van der Waals surface area contributed by atoms with Crippen LogP contribution in [0.5, 0.6) is 0 Å². The van der Waals surface area contributed by atoms with Crippen LogP contribution in [0.2, 0.25) is 0 Å². The number of H-pyrrole nitrogens is 1. The number of aromatic nitrogens is 3. The summed E-state index contributed by atoms with van der Waals surface area (Å²) in [5, 5.41) is 3.19. The molecule has 2 aromatic rings. The lowest BCUT2D eigenvalue weighted by Crippen LogP contribution is -2.34. The highest BCUT2D eigenvalue weighted by atomic mass is 16.2. The first-order chi connectivity index (χ1) is 12.5. The molecule has 7 nitrogen and oxygen atoms in total. The van der Waals surface area contributed by atoms with Crippen LogP contribution in [0.15, 0.2) is 15.7 Å². The van der Waals surface area contributed by atoms with Gasteiger partial charge in [0.1, 0.15) is 5.65 Å². The molecule has 0 radical (unpaired) electrons. The van der Waals surface area contributed by atoms with Gasteiger partial charge in [-0.1, -0.05) is 12.8 Å². The molecule has 2 heterocycles. The van der Waals surface area contributed by atoms with E-state index in [9.17, 15) is 14.4 Å². The Morgan fingerprint density at radius 3 is 2.92 bits per heavy atom. The highest BCUT2D eigenvalue weighted by Crippen LogP contribution is 2.47. The summed E-state index contributed by atoms with van der Waals surface area (Å²) in [4.78, 5) is 43.5. The van der Waals surface area contributed by atoms with Crippen LogP contribution in [0.1, 0.15) is 48.2 Å². The molecule has 4 rings (SSSR count). The topological polar surface area (TPSA) is 96.9 Å². The Kier molecular flexibility index (Phi) is 4.17. The Bertz CT molecular complexity index is 991. The normalized spacial score (nSPS) is 24.8. The molecule has 2 fully saturated rings. The summed E-state index contributed by atoms with van der Waals surface area (Å²) in [5.41, 5.74) is 0.00794. The van der Waals surface area contributed by atoms with E-state index in [-0.39, 0.29) is 22.5 Å². The van der Waals surface area contributed by atoms with Gasteiger partial charge in [-0.15, -0.1) is 0 Å². The van der Waals surface area contributed by atoms with Crippen LogP contribution in [-0.4, -0.2) is 27.0 Å². The molecule has 0 saturated heterocycles. The molecule has 2 saturated carbocycles. The zero-order valence-corrected chi connectivity index (χ0v) is 15.2. The summed E-state index contributed by atoms with van der Waals surface area (Å²) >= 11 is 0. The molecule has 0 aromatic carbocycles. The molecular formula is C19H24N4O3. The van der Waals surface area contributed by atoms with E-state index in [1.807, 2.05) is 0 Å². The minimum absolute atomic E-state index is 0.167. The van der Waals surface area contributed by atoms with Crippen LogP contribution >= 0.6 is 0 Å². The lowest BCUT2D eigenvalue weighted by Gasteiger charge is -2.19. The number of amides is 1. The fourth-order valence-corrected chi connectivity index (χ4v) is 4.90. The number of aryl methyl sites for hydroxylation is 2. The number of hydrogen-bond acceptors (Lipinski definition) is 4. The molecule has 2 N–H and O–H groups in total. The monoisotopic (exact) mass is 356 g/mol. The molecule has 26 heavy (non-hydrogen) atoms. The molecule has 0 bridgehead atoms. The van der Waals surface area contributed by atoms with Gasteiger partial charge in [0.2, 0.25) is 0 Å². The summed E-state index contributed by atoms with van der Waals surface area (Å²) in [6.07, 6.45) is 6.33. The average molecular weight is 356 g/mol. The Morgan fingerprint density at radius 2 is 2.12 bits per heavy atom. The van der Waals surface area contributed by atoms with Gasteiger partial charge in [0, 0.05) is 19.3 Å². The molecule has 2 aliphatic rings. The van der Waals surface area contributed by atoms with Gasteiger partial charge < -0.3 is 5.32 Å².